The standard InChI is InChI=1S/C19H19FN4O2/c1-2-26-19(25)16-17(22-24-11-5-8-21-18(16)24)14-7-6-13(12-15(14)20)23-9-3-4-10-23/h5-8,11-12H,2-4,9-10H2,1H3. The Morgan fingerprint density at radius 1 is 1.31 bits per heavy atom. The first-order chi connectivity index (χ1) is 12.7. The summed E-state index contributed by atoms with van der Waals surface area (Å²) in [5, 5.41) is 4.37. The van der Waals surface area contributed by atoms with Crippen molar-refractivity contribution in [1.82, 2.24) is 14.6 Å². The Morgan fingerprint density at radius 3 is 2.85 bits per heavy atom. The normalized spacial score (nSPS) is 14.2. The topological polar surface area (TPSA) is 59.7 Å². The van der Waals surface area contributed by atoms with E-state index in [-0.39, 0.29) is 23.4 Å². The van der Waals surface area contributed by atoms with E-state index >= 15 is 0 Å². The number of anilines is 1. The molecule has 1 saturated heterocycles. The van der Waals surface area contributed by atoms with E-state index in [0.29, 0.717) is 5.65 Å². The van der Waals surface area contributed by atoms with Crippen LogP contribution in [0.2, 0.25) is 0 Å². The van der Waals surface area contributed by atoms with Gasteiger partial charge in [-0.05, 0) is 44.0 Å². The second-order valence-corrected chi connectivity index (χ2v) is 6.19. The number of halogens is 1. The lowest BCUT2D eigenvalue weighted by molar-refractivity contribution is 0.0529. The van der Waals surface area contributed by atoms with Gasteiger partial charge in [0.25, 0.3) is 0 Å². The van der Waals surface area contributed by atoms with Gasteiger partial charge in [-0.25, -0.2) is 18.7 Å². The van der Waals surface area contributed by atoms with Gasteiger partial charge >= 0.3 is 5.97 Å². The number of hydrogen-bond donors (Lipinski definition) is 0. The van der Waals surface area contributed by atoms with Gasteiger partial charge in [0, 0.05) is 36.7 Å². The first-order valence-electron chi connectivity index (χ1n) is 8.74. The van der Waals surface area contributed by atoms with E-state index in [2.05, 4.69) is 15.0 Å². The Bertz CT molecular complexity index is 963. The van der Waals surface area contributed by atoms with Crippen LogP contribution in [0.3, 0.4) is 0 Å². The van der Waals surface area contributed by atoms with E-state index < -0.39 is 11.8 Å². The summed E-state index contributed by atoms with van der Waals surface area (Å²) in [6, 6.07) is 6.75. The molecule has 0 atom stereocenters. The van der Waals surface area contributed by atoms with Crippen molar-refractivity contribution >= 4 is 17.3 Å². The molecule has 0 amide bonds. The summed E-state index contributed by atoms with van der Waals surface area (Å²) in [5.74, 6) is -0.970. The van der Waals surface area contributed by atoms with Crippen LogP contribution in [0.1, 0.15) is 30.1 Å². The molecule has 6 nitrogen and oxygen atoms in total. The fourth-order valence-corrected chi connectivity index (χ4v) is 3.33. The van der Waals surface area contributed by atoms with Crippen molar-refractivity contribution in [2.45, 2.75) is 19.8 Å². The molecule has 0 aliphatic carbocycles. The predicted molar refractivity (Wildman–Crippen MR) is 95.8 cm³/mol. The summed E-state index contributed by atoms with van der Waals surface area (Å²) in [7, 11) is 0. The molecule has 0 N–H and O–H groups in total. The van der Waals surface area contributed by atoms with Crippen LogP contribution < -0.4 is 4.90 Å². The maximum Gasteiger partial charge on any atom is 0.344 e. The largest absolute Gasteiger partial charge is 0.462 e. The van der Waals surface area contributed by atoms with Crippen LogP contribution in [0, 0.1) is 5.82 Å². The third kappa shape index (κ3) is 2.79. The van der Waals surface area contributed by atoms with Crippen molar-refractivity contribution in [2.75, 3.05) is 24.6 Å². The molecule has 1 aliphatic rings. The number of esters is 1. The number of aromatic nitrogens is 3. The van der Waals surface area contributed by atoms with Crippen LogP contribution in [0.4, 0.5) is 10.1 Å². The Balaban J connectivity index is 1.83. The molecule has 2 aromatic heterocycles. The summed E-state index contributed by atoms with van der Waals surface area (Å²) in [4.78, 5) is 18.8. The molecule has 0 spiro atoms. The fraction of sp³-hybridized carbons (Fsp3) is 0.316. The molecule has 0 unspecified atom stereocenters. The van der Waals surface area contributed by atoms with Crippen LogP contribution in [-0.4, -0.2) is 40.3 Å². The summed E-state index contributed by atoms with van der Waals surface area (Å²) in [5.41, 5.74) is 1.89. The van der Waals surface area contributed by atoms with Crippen molar-refractivity contribution < 1.29 is 13.9 Å². The Hall–Kier alpha value is -2.96. The lowest BCUT2D eigenvalue weighted by Crippen LogP contribution is -2.17. The maximum atomic E-state index is 14.9. The van der Waals surface area contributed by atoms with Crippen molar-refractivity contribution in [3.63, 3.8) is 0 Å². The van der Waals surface area contributed by atoms with Gasteiger partial charge in [-0.3, -0.25) is 0 Å². The van der Waals surface area contributed by atoms with Gasteiger partial charge in [-0.2, -0.15) is 5.10 Å². The number of rotatable bonds is 4. The molecule has 26 heavy (non-hydrogen) atoms. The van der Waals surface area contributed by atoms with Gasteiger partial charge in [-0.1, -0.05) is 0 Å². The molecule has 4 rings (SSSR count). The van der Waals surface area contributed by atoms with E-state index in [9.17, 15) is 9.18 Å². The number of ether oxygens (including phenoxy) is 1. The second-order valence-electron chi connectivity index (χ2n) is 6.19. The third-order valence-corrected chi connectivity index (χ3v) is 4.55. The highest BCUT2D eigenvalue weighted by Crippen LogP contribution is 2.31. The number of carbonyl (C=O) groups is 1. The minimum Gasteiger partial charge on any atom is -0.462 e. The zero-order valence-corrected chi connectivity index (χ0v) is 14.5. The van der Waals surface area contributed by atoms with Gasteiger partial charge in [0.1, 0.15) is 17.1 Å². The van der Waals surface area contributed by atoms with E-state index in [4.69, 9.17) is 4.74 Å². The van der Waals surface area contributed by atoms with Crippen LogP contribution in [0.25, 0.3) is 16.9 Å². The van der Waals surface area contributed by atoms with E-state index in [1.165, 1.54) is 10.6 Å². The first kappa shape index (κ1) is 16.5. The van der Waals surface area contributed by atoms with Gasteiger partial charge < -0.3 is 9.64 Å². The van der Waals surface area contributed by atoms with Gasteiger partial charge in [0.2, 0.25) is 0 Å². The molecular weight excluding hydrogens is 335 g/mol. The highest BCUT2D eigenvalue weighted by atomic mass is 19.1. The number of fused-ring (bicyclic) bond motifs is 1. The molecule has 134 valence electrons. The molecule has 1 aliphatic heterocycles. The van der Waals surface area contributed by atoms with Crippen LogP contribution in [0.15, 0.2) is 36.7 Å². The third-order valence-electron chi connectivity index (χ3n) is 4.55. The smallest absolute Gasteiger partial charge is 0.344 e. The number of hydrogen-bond acceptors (Lipinski definition) is 5. The van der Waals surface area contributed by atoms with Crippen LogP contribution in [0.5, 0.6) is 0 Å². The summed E-state index contributed by atoms with van der Waals surface area (Å²) >= 11 is 0. The SMILES string of the molecule is CCOC(=O)c1c(-c2ccc(N3CCCC3)cc2F)nn2cccnc12. The number of benzene rings is 1. The Labute approximate surface area is 150 Å². The minimum atomic E-state index is -0.556. The summed E-state index contributed by atoms with van der Waals surface area (Å²) in [6.45, 7) is 3.82. The zero-order valence-electron chi connectivity index (χ0n) is 14.5. The highest BCUT2D eigenvalue weighted by molar-refractivity contribution is 6.02. The molecule has 3 heterocycles. The quantitative estimate of drug-likeness (QED) is 0.673. The average Bonchev–Trinajstić information content (AvgIpc) is 3.29. The average molecular weight is 354 g/mol. The molecule has 0 radical (unpaired) electrons. The van der Waals surface area contributed by atoms with Crippen LogP contribution >= 0.6 is 0 Å². The monoisotopic (exact) mass is 354 g/mol. The molecular formula is C19H19FN4O2. The molecule has 7 heteroatoms. The molecule has 0 bridgehead atoms. The van der Waals surface area contributed by atoms with Gasteiger partial charge in [-0.15, -0.1) is 0 Å². The Kier molecular flexibility index (Phi) is 4.28. The molecule has 1 aromatic carbocycles. The first-order valence-corrected chi connectivity index (χ1v) is 8.74. The molecule has 1 fully saturated rings. The van der Waals surface area contributed by atoms with Crippen LogP contribution in [-0.2, 0) is 4.74 Å². The van der Waals surface area contributed by atoms with Gasteiger partial charge in [0.05, 0.1) is 6.61 Å². The summed E-state index contributed by atoms with van der Waals surface area (Å²) in [6.07, 6.45) is 5.48. The predicted octanol–water partition coefficient (Wildman–Crippen LogP) is 3.31. The fourth-order valence-electron chi connectivity index (χ4n) is 3.33. The Morgan fingerprint density at radius 2 is 2.12 bits per heavy atom. The van der Waals surface area contributed by atoms with Crippen molar-refractivity contribution in [2.24, 2.45) is 0 Å². The maximum absolute atomic E-state index is 14.9. The zero-order chi connectivity index (χ0) is 18.1. The van der Waals surface area contributed by atoms with Crippen molar-refractivity contribution in [3.05, 3.63) is 48.0 Å². The van der Waals surface area contributed by atoms with E-state index in [1.807, 2.05) is 6.07 Å². The van der Waals surface area contributed by atoms with Crippen molar-refractivity contribution in [3.8, 4) is 11.3 Å². The molecule has 0 saturated carbocycles. The van der Waals surface area contributed by atoms with E-state index in [0.717, 1.165) is 31.6 Å². The number of carbonyl (C=O) groups excluding carboxylic acids is 1. The lowest BCUT2D eigenvalue weighted by atomic mass is 10.1. The minimum absolute atomic E-state index is 0.181. The summed E-state index contributed by atoms with van der Waals surface area (Å²) < 4.78 is 21.5. The van der Waals surface area contributed by atoms with Gasteiger partial charge in [0.15, 0.2) is 5.65 Å². The molecule has 3 aromatic rings. The van der Waals surface area contributed by atoms with E-state index in [1.54, 1.807) is 31.5 Å². The van der Waals surface area contributed by atoms with Crippen molar-refractivity contribution in [1.29, 1.82) is 0 Å². The second kappa shape index (κ2) is 6.74. The number of nitrogens with zero attached hydrogens (tertiary/aromatic N) is 4. The lowest BCUT2D eigenvalue weighted by Gasteiger charge is -2.18. The highest BCUT2D eigenvalue weighted by Gasteiger charge is 2.25.